The largest absolute Gasteiger partial charge is 0.349 e. The van der Waals surface area contributed by atoms with Gasteiger partial charge in [-0.3, -0.25) is 9.36 Å². The molecule has 1 N–H and O–H groups in total. The van der Waals surface area contributed by atoms with Crippen molar-refractivity contribution in [1.82, 2.24) is 14.5 Å². The molecule has 148 valence electrons. The van der Waals surface area contributed by atoms with Crippen LogP contribution in [0.1, 0.15) is 5.56 Å². The molecule has 3 aromatic carbocycles. The summed E-state index contributed by atoms with van der Waals surface area (Å²) < 4.78 is 15.0. The maximum absolute atomic E-state index is 13.5. The molecule has 5 aromatic rings. The fourth-order valence-electron chi connectivity index (χ4n) is 3.39. The van der Waals surface area contributed by atoms with Crippen LogP contribution in [0.3, 0.4) is 0 Å². The maximum Gasteiger partial charge on any atom is 0.283 e. The van der Waals surface area contributed by atoms with E-state index < -0.39 is 0 Å². The molecule has 2 heterocycles. The smallest absolute Gasteiger partial charge is 0.283 e. The Hall–Kier alpha value is -3.09. The number of H-pyrrole nitrogens is 1. The number of nitrogens with one attached hydrogen (secondary N) is 1. The molecule has 2 aromatic heterocycles. The van der Waals surface area contributed by atoms with Crippen LogP contribution >= 0.6 is 23.4 Å². The van der Waals surface area contributed by atoms with Crippen LogP contribution in [0.2, 0.25) is 5.02 Å². The lowest BCUT2D eigenvalue weighted by Crippen LogP contribution is -2.21. The lowest BCUT2D eigenvalue weighted by atomic mass is 10.2. The molecule has 0 aliphatic carbocycles. The molecule has 5 rings (SSSR count). The lowest BCUT2D eigenvalue weighted by Gasteiger charge is -2.12. The van der Waals surface area contributed by atoms with E-state index in [1.807, 2.05) is 48.5 Å². The Kier molecular flexibility index (Phi) is 4.81. The van der Waals surface area contributed by atoms with Crippen LogP contribution in [0.15, 0.2) is 82.7 Å². The Morgan fingerprint density at radius 3 is 2.50 bits per heavy atom. The summed E-state index contributed by atoms with van der Waals surface area (Å²) >= 11 is 7.42. The normalized spacial score (nSPS) is 11.4. The van der Waals surface area contributed by atoms with Gasteiger partial charge in [-0.15, -0.1) is 0 Å². The van der Waals surface area contributed by atoms with Crippen molar-refractivity contribution < 1.29 is 4.39 Å². The van der Waals surface area contributed by atoms with E-state index in [9.17, 15) is 9.18 Å². The first-order valence-electron chi connectivity index (χ1n) is 9.27. The van der Waals surface area contributed by atoms with Gasteiger partial charge in [-0.25, -0.2) is 9.37 Å². The lowest BCUT2D eigenvalue weighted by molar-refractivity contribution is 0.627. The molecule has 7 heteroatoms. The molecule has 0 bridgehead atoms. The average Bonchev–Trinajstić information content (AvgIpc) is 3.13. The van der Waals surface area contributed by atoms with Crippen molar-refractivity contribution in [2.75, 3.05) is 0 Å². The van der Waals surface area contributed by atoms with Crippen molar-refractivity contribution in [1.29, 1.82) is 0 Å². The van der Waals surface area contributed by atoms with Crippen molar-refractivity contribution in [3.05, 3.63) is 99.6 Å². The minimum Gasteiger partial charge on any atom is -0.349 e. The van der Waals surface area contributed by atoms with Gasteiger partial charge in [0.05, 0.1) is 5.69 Å². The van der Waals surface area contributed by atoms with Crippen molar-refractivity contribution in [3.63, 3.8) is 0 Å². The third kappa shape index (κ3) is 3.38. The van der Waals surface area contributed by atoms with Gasteiger partial charge < -0.3 is 4.98 Å². The SMILES string of the molecule is O=c1c2[nH]c3ccccc3c2nc(SCc2ccc(Cl)cc2)n1-c1ccc(F)cc1. The molecular formula is C23H15ClFN3OS. The molecular weight excluding hydrogens is 421 g/mol. The zero-order chi connectivity index (χ0) is 20.7. The van der Waals surface area contributed by atoms with E-state index in [0.717, 1.165) is 16.5 Å². The summed E-state index contributed by atoms with van der Waals surface area (Å²) in [5, 5.41) is 2.10. The third-order valence-corrected chi connectivity index (χ3v) is 6.12. The molecule has 0 saturated carbocycles. The minimum atomic E-state index is -0.359. The Morgan fingerprint density at radius 1 is 1.00 bits per heavy atom. The fraction of sp³-hybridized carbons (Fsp3) is 0.0435. The number of hydrogen-bond donors (Lipinski definition) is 1. The number of aromatic amines is 1. The predicted octanol–water partition coefficient (Wildman–Crippen LogP) is 5.95. The molecule has 4 nitrogen and oxygen atoms in total. The predicted molar refractivity (Wildman–Crippen MR) is 120 cm³/mol. The quantitative estimate of drug-likeness (QED) is 0.280. The molecule has 0 spiro atoms. The van der Waals surface area contributed by atoms with Crippen LogP contribution in [0, 0.1) is 5.82 Å². The number of thioether (sulfide) groups is 1. The highest BCUT2D eigenvalue weighted by Gasteiger charge is 2.17. The molecule has 0 saturated heterocycles. The van der Waals surface area contributed by atoms with Gasteiger partial charge in [-0.2, -0.15) is 0 Å². The molecule has 0 atom stereocenters. The Labute approximate surface area is 180 Å². The van der Waals surface area contributed by atoms with Gasteiger partial charge in [0, 0.05) is 21.7 Å². The van der Waals surface area contributed by atoms with Gasteiger partial charge in [0.25, 0.3) is 5.56 Å². The van der Waals surface area contributed by atoms with E-state index >= 15 is 0 Å². The summed E-state index contributed by atoms with van der Waals surface area (Å²) in [6.45, 7) is 0. The van der Waals surface area contributed by atoms with Crippen molar-refractivity contribution in [2.45, 2.75) is 10.9 Å². The highest BCUT2D eigenvalue weighted by Crippen LogP contribution is 2.28. The standard InChI is InChI=1S/C23H15ClFN3OS/c24-15-7-5-14(6-8-15)13-30-23-27-20-18-3-1-2-4-19(18)26-21(20)22(29)28(23)17-11-9-16(25)10-12-17/h1-12,26H,13H2. The Bertz CT molecular complexity index is 1430. The minimum absolute atomic E-state index is 0.221. The number of halogens is 2. The van der Waals surface area contributed by atoms with Crippen molar-refractivity contribution in [2.24, 2.45) is 0 Å². The van der Waals surface area contributed by atoms with Crippen LogP contribution in [0.5, 0.6) is 0 Å². The zero-order valence-electron chi connectivity index (χ0n) is 15.6. The number of para-hydroxylation sites is 1. The number of rotatable bonds is 4. The molecule has 0 radical (unpaired) electrons. The second-order valence-corrected chi connectivity index (χ2v) is 8.20. The van der Waals surface area contributed by atoms with E-state index in [1.54, 1.807) is 12.1 Å². The highest BCUT2D eigenvalue weighted by atomic mass is 35.5. The zero-order valence-corrected chi connectivity index (χ0v) is 17.2. The van der Waals surface area contributed by atoms with E-state index in [4.69, 9.17) is 16.6 Å². The first kappa shape index (κ1) is 18.9. The van der Waals surface area contributed by atoms with Crippen LogP contribution in [-0.4, -0.2) is 14.5 Å². The van der Waals surface area contributed by atoms with Crippen LogP contribution in [0.25, 0.3) is 27.6 Å². The van der Waals surface area contributed by atoms with Crippen LogP contribution < -0.4 is 5.56 Å². The summed E-state index contributed by atoms with van der Waals surface area (Å²) in [7, 11) is 0. The topological polar surface area (TPSA) is 50.7 Å². The number of fused-ring (bicyclic) bond motifs is 3. The molecule has 0 fully saturated rings. The second-order valence-electron chi connectivity index (χ2n) is 6.82. The number of hydrogen-bond acceptors (Lipinski definition) is 3. The molecule has 0 aliphatic rings. The van der Waals surface area contributed by atoms with Gasteiger partial charge in [-0.1, -0.05) is 53.7 Å². The number of aromatic nitrogens is 3. The summed E-state index contributed by atoms with van der Waals surface area (Å²) in [5.74, 6) is 0.250. The molecule has 30 heavy (non-hydrogen) atoms. The van der Waals surface area contributed by atoms with Gasteiger partial charge in [0.1, 0.15) is 16.9 Å². The van der Waals surface area contributed by atoms with Crippen LogP contribution in [-0.2, 0) is 5.75 Å². The van der Waals surface area contributed by atoms with E-state index in [0.29, 0.717) is 32.7 Å². The molecule has 0 unspecified atom stereocenters. The second kappa shape index (κ2) is 7.63. The van der Waals surface area contributed by atoms with Crippen molar-refractivity contribution >= 4 is 45.3 Å². The van der Waals surface area contributed by atoms with Crippen LogP contribution in [0.4, 0.5) is 4.39 Å². The first-order chi connectivity index (χ1) is 14.6. The monoisotopic (exact) mass is 435 g/mol. The number of benzene rings is 3. The van der Waals surface area contributed by atoms with Gasteiger partial charge in [-0.05, 0) is 48.0 Å². The maximum atomic E-state index is 13.5. The Balaban J connectivity index is 1.69. The highest BCUT2D eigenvalue weighted by molar-refractivity contribution is 7.98. The summed E-state index contributed by atoms with van der Waals surface area (Å²) in [6.07, 6.45) is 0. The fourth-order valence-corrected chi connectivity index (χ4v) is 4.47. The van der Waals surface area contributed by atoms with Crippen molar-refractivity contribution in [3.8, 4) is 5.69 Å². The molecule has 0 aliphatic heterocycles. The van der Waals surface area contributed by atoms with E-state index in [1.165, 1.54) is 28.5 Å². The summed E-state index contributed by atoms with van der Waals surface area (Å²) in [4.78, 5) is 21.4. The number of nitrogens with zero attached hydrogens (tertiary/aromatic N) is 2. The summed E-state index contributed by atoms with van der Waals surface area (Å²) in [5.41, 5.74) is 3.31. The third-order valence-electron chi connectivity index (χ3n) is 4.86. The summed E-state index contributed by atoms with van der Waals surface area (Å²) in [6, 6.07) is 21.1. The van der Waals surface area contributed by atoms with Gasteiger partial charge in [0.2, 0.25) is 0 Å². The van der Waals surface area contributed by atoms with Gasteiger partial charge >= 0.3 is 0 Å². The van der Waals surface area contributed by atoms with Gasteiger partial charge in [0.15, 0.2) is 5.16 Å². The van der Waals surface area contributed by atoms with E-state index in [-0.39, 0.29) is 11.4 Å². The molecule has 0 amide bonds. The first-order valence-corrected chi connectivity index (χ1v) is 10.6. The average molecular weight is 436 g/mol. The Morgan fingerprint density at radius 2 is 1.73 bits per heavy atom. The van der Waals surface area contributed by atoms with E-state index in [2.05, 4.69) is 4.98 Å².